The van der Waals surface area contributed by atoms with Gasteiger partial charge in [0.2, 0.25) is 10.0 Å². The van der Waals surface area contributed by atoms with Crippen LogP contribution in [0.3, 0.4) is 0 Å². The Labute approximate surface area is 168 Å². The van der Waals surface area contributed by atoms with E-state index in [-0.39, 0.29) is 17.1 Å². The van der Waals surface area contributed by atoms with Crippen LogP contribution in [0.1, 0.15) is 19.4 Å². The first-order valence-electron chi connectivity index (χ1n) is 8.66. The van der Waals surface area contributed by atoms with E-state index >= 15 is 0 Å². The van der Waals surface area contributed by atoms with Crippen LogP contribution in [0.4, 0.5) is 5.69 Å². The summed E-state index contributed by atoms with van der Waals surface area (Å²) in [6.07, 6.45) is 3.06. The average Bonchev–Trinajstić information content (AvgIpc) is 2.68. The first kappa shape index (κ1) is 22.4. The number of carbonyl (C=O) groups excluding carboxylic acids is 1. The average molecular weight is 422 g/mol. The number of sulfonamides is 1. The summed E-state index contributed by atoms with van der Waals surface area (Å²) < 4.78 is 27.8. The molecular weight excluding hydrogens is 400 g/mol. The van der Waals surface area contributed by atoms with Crippen molar-refractivity contribution in [3.63, 3.8) is 0 Å². The number of nitrogens with one attached hydrogen (secondary N) is 1. The topological polar surface area (TPSA) is 132 Å². The molecule has 156 valence electrons. The first-order chi connectivity index (χ1) is 13.7. The fraction of sp³-hybridized carbons (Fsp3) is 0.333. The second kappa shape index (κ2) is 9.54. The zero-order valence-electron chi connectivity index (χ0n) is 16.2. The van der Waals surface area contributed by atoms with Crippen molar-refractivity contribution in [2.75, 3.05) is 7.11 Å². The van der Waals surface area contributed by atoms with Crippen LogP contribution in [0, 0.1) is 16.0 Å². The Morgan fingerprint density at radius 2 is 1.93 bits per heavy atom. The van der Waals surface area contributed by atoms with Crippen molar-refractivity contribution in [3.05, 3.63) is 64.5 Å². The Balaban J connectivity index is 2.54. The molecule has 0 fully saturated rings. The molecule has 10 nitrogen and oxygen atoms in total. The van der Waals surface area contributed by atoms with E-state index in [0.29, 0.717) is 5.56 Å². The molecule has 1 aromatic heterocycles. The van der Waals surface area contributed by atoms with Crippen molar-refractivity contribution in [2.45, 2.75) is 31.3 Å². The smallest absolute Gasteiger partial charge is 0.269 e. The third kappa shape index (κ3) is 5.34. The standard InChI is InChI=1S/C18H22N4O6S/c1-13(2)17(18(23)20-28-3)21(12-14-5-4-10-19-11-14)29(26,27)16-8-6-15(7-9-16)22(24)25/h4-11,13,17H,12H2,1-3H3,(H,20,23)/t17-/m1/s1. The minimum Gasteiger partial charge on any atom is -0.277 e. The van der Waals surface area contributed by atoms with Crippen molar-refractivity contribution in [1.29, 1.82) is 0 Å². The van der Waals surface area contributed by atoms with Crippen LogP contribution in [0.5, 0.6) is 0 Å². The minimum absolute atomic E-state index is 0.118. The summed E-state index contributed by atoms with van der Waals surface area (Å²) in [5, 5.41) is 10.9. The molecular formula is C18H22N4O6S. The molecule has 0 aliphatic rings. The molecule has 0 saturated heterocycles. The fourth-order valence-electron chi connectivity index (χ4n) is 2.81. The van der Waals surface area contributed by atoms with E-state index in [2.05, 4.69) is 15.3 Å². The van der Waals surface area contributed by atoms with Crippen LogP contribution in [0.15, 0.2) is 53.7 Å². The minimum atomic E-state index is -4.18. The summed E-state index contributed by atoms with van der Waals surface area (Å²) in [5.41, 5.74) is 2.53. The van der Waals surface area contributed by atoms with Gasteiger partial charge in [-0.2, -0.15) is 4.31 Å². The summed E-state index contributed by atoms with van der Waals surface area (Å²) in [6, 6.07) is 6.77. The number of aromatic nitrogens is 1. The number of benzene rings is 1. The van der Waals surface area contributed by atoms with Crippen LogP contribution in [0.25, 0.3) is 0 Å². The van der Waals surface area contributed by atoms with Gasteiger partial charge in [0, 0.05) is 31.1 Å². The van der Waals surface area contributed by atoms with E-state index in [1.165, 1.54) is 13.3 Å². The Hall–Kier alpha value is -2.89. The van der Waals surface area contributed by atoms with E-state index in [9.17, 15) is 23.3 Å². The lowest BCUT2D eigenvalue weighted by Gasteiger charge is -2.32. The summed E-state index contributed by atoms with van der Waals surface area (Å²) in [6.45, 7) is 3.30. The van der Waals surface area contributed by atoms with Crippen LogP contribution >= 0.6 is 0 Å². The highest BCUT2D eigenvalue weighted by atomic mass is 32.2. The number of hydrogen-bond acceptors (Lipinski definition) is 7. The molecule has 0 aliphatic heterocycles. The Kier molecular flexibility index (Phi) is 7.37. The van der Waals surface area contributed by atoms with Gasteiger partial charge in [-0.3, -0.25) is 24.7 Å². The highest BCUT2D eigenvalue weighted by Crippen LogP contribution is 2.26. The van der Waals surface area contributed by atoms with Gasteiger partial charge in [0.1, 0.15) is 6.04 Å². The predicted molar refractivity (Wildman–Crippen MR) is 104 cm³/mol. The Morgan fingerprint density at radius 1 is 1.28 bits per heavy atom. The number of nitro benzene ring substituents is 1. The molecule has 0 saturated carbocycles. The van der Waals surface area contributed by atoms with Gasteiger partial charge < -0.3 is 0 Å². The Morgan fingerprint density at radius 3 is 2.41 bits per heavy atom. The molecule has 0 bridgehead atoms. The second-order valence-electron chi connectivity index (χ2n) is 6.52. The van der Waals surface area contributed by atoms with E-state index in [1.54, 1.807) is 32.2 Å². The number of hydroxylamine groups is 1. The maximum atomic E-state index is 13.4. The summed E-state index contributed by atoms with van der Waals surface area (Å²) in [5.74, 6) is -1.02. The number of amides is 1. The first-order valence-corrected chi connectivity index (χ1v) is 10.1. The number of rotatable bonds is 9. The molecule has 1 atom stereocenters. The van der Waals surface area contributed by atoms with Crippen molar-refractivity contribution < 1.29 is 23.0 Å². The van der Waals surface area contributed by atoms with Gasteiger partial charge in [-0.25, -0.2) is 13.9 Å². The zero-order valence-corrected chi connectivity index (χ0v) is 17.0. The van der Waals surface area contributed by atoms with Crippen molar-refractivity contribution in [1.82, 2.24) is 14.8 Å². The summed E-state index contributed by atoms with van der Waals surface area (Å²) >= 11 is 0. The largest absolute Gasteiger partial charge is 0.277 e. The van der Waals surface area contributed by atoms with Crippen LogP contribution in [0.2, 0.25) is 0 Å². The molecule has 1 aromatic carbocycles. The molecule has 1 N–H and O–H groups in total. The lowest BCUT2D eigenvalue weighted by Crippen LogP contribution is -2.51. The zero-order chi connectivity index (χ0) is 21.6. The number of non-ortho nitro benzene ring substituents is 1. The molecule has 1 amide bonds. The Bertz CT molecular complexity index is 948. The maximum Gasteiger partial charge on any atom is 0.269 e. The normalized spacial score (nSPS) is 12.7. The van der Waals surface area contributed by atoms with Gasteiger partial charge in [0.25, 0.3) is 11.6 Å². The van der Waals surface area contributed by atoms with E-state index in [4.69, 9.17) is 0 Å². The highest BCUT2D eigenvalue weighted by Gasteiger charge is 2.38. The highest BCUT2D eigenvalue weighted by molar-refractivity contribution is 7.89. The van der Waals surface area contributed by atoms with Crippen LogP contribution < -0.4 is 5.48 Å². The molecule has 0 unspecified atom stereocenters. The summed E-state index contributed by atoms with van der Waals surface area (Å²) in [4.78, 5) is 31.4. The molecule has 1 heterocycles. The van der Waals surface area contributed by atoms with E-state index in [1.807, 2.05) is 0 Å². The van der Waals surface area contributed by atoms with E-state index < -0.39 is 32.8 Å². The van der Waals surface area contributed by atoms with Crippen molar-refractivity contribution >= 4 is 21.6 Å². The molecule has 29 heavy (non-hydrogen) atoms. The third-order valence-corrected chi connectivity index (χ3v) is 5.97. The van der Waals surface area contributed by atoms with Crippen molar-refractivity contribution in [3.8, 4) is 0 Å². The lowest BCUT2D eigenvalue weighted by atomic mass is 10.0. The van der Waals surface area contributed by atoms with Gasteiger partial charge in [-0.1, -0.05) is 19.9 Å². The molecule has 0 radical (unpaired) electrons. The maximum absolute atomic E-state index is 13.4. The van der Waals surface area contributed by atoms with Crippen molar-refractivity contribution in [2.24, 2.45) is 5.92 Å². The predicted octanol–water partition coefficient (Wildman–Crippen LogP) is 1.88. The van der Waals surface area contributed by atoms with Gasteiger partial charge in [0.05, 0.1) is 16.9 Å². The fourth-order valence-corrected chi connectivity index (χ4v) is 4.51. The third-order valence-electron chi connectivity index (χ3n) is 4.13. The molecule has 0 aliphatic carbocycles. The molecule has 11 heteroatoms. The number of carbonyl (C=O) groups is 1. The lowest BCUT2D eigenvalue weighted by molar-refractivity contribution is -0.384. The number of hydrogen-bond donors (Lipinski definition) is 1. The van der Waals surface area contributed by atoms with Gasteiger partial charge >= 0.3 is 0 Å². The molecule has 2 rings (SSSR count). The number of pyridine rings is 1. The van der Waals surface area contributed by atoms with Crippen LogP contribution in [-0.4, -0.2) is 41.7 Å². The number of nitrogens with zero attached hydrogens (tertiary/aromatic N) is 3. The van der Waals surface area contributed by atoms with Crippen LogP contribution in [-0.2, 0) is 26.2 Å². The monoisotopic (exact) mass is 422 g/mol. The second-order valence-corrected chi connectivity index (χ2v) is 8.41. The van der Waals surface area contributed by atoms with Gasteiger partial charge in [-0.05, 0) is 29.7 Å². The SMILES string of the molecule is CONC(=O)[C@@H](C(C)C)N(Cc1cccnc1)S(=O)(=O)c1ccc([N+](=O)[O-])cc1. The molecule has 2 aromatic rings. The quantitative estimate of drug-likeness (QED) is 0.482. The number of nitro groups is 1. The summed E-state index contributed by atoms with van der Waals surface area (Å²) in [7, 11) is -2.93. The van der Waals surface area contributed by atoms with E-state index in [0.717, 1.165) is 28.6 Å². The molecule has 0 spiro atoms. The van der Waals surface area contributed by atoms with Gasteiger partial charge in [-0.15, -0.1) is 0 Å². The van der Waals surface area contributed by atoms with Gasteiger partial charge in [0.15, 0.2) is 0 Å².